The van der Waals surface area contributed by atoms with Crippen molar-refractivity contribution < 1.29 is 13.9 Å². The lowest BCUT2D eigenvalue weighted by atomic mass is 10.2. The van der Waals surface area contributed by atoms with Gasteiger partial charge in [0.25, 0.3) is 5.91 Å². The summed E-state index contributed by atoms with van der Waals surface area (Å²) in [6.45, 7) is 2.17. The number of anilines is 1. The number of rotatable bonds is 8. The summed E-state index contributed by atoms with van der Waals surface area (Å²) in [5.41, 5.74) is 1.80. The number of nitrogens with zero attached hydrogens (tertiary/aromatic N) is 4. The summed E-state index contributed by atoms with van der Waals surface area (Å²) in [5, 5.41) is 16.2. The van der Waals surface area contributed by atoms with Crippen molar-refractivity contribution in [1.82, 2.24) is 20.0 Å². The Labute approximate surface area is 196 Å². The van der Waals surface area contributed by atoms with Gasteiger partial charge in [-0.15, -0.1) is 10.2 Å². The molecular weight excluding hydrogens is 473 g/mol. The van der Waals surface area contributed by atoms with Gasteiger partial charge in [-0.05, 0) is 48.9 Å². The van der Waals surface area contributed by atoms with Gasteiger partial charge in [-0.3, -0.25) is 10.1 Å². The third-order valence-electron chi connectivity index (χ3n) is 4.19. The van der Waals surface area contributed by atoms with Gasteiger partial charge < -0.3 is 4.74 Å². The van der Waals surface area contributed by atoms with Gasteiger partial charge in [-0.1, -0.05) is 46.8 Å². The van der Waals surface area contributed by atoms with Crippen LogP contribution in [0.3, 0.4) is 0 Å². The van der Waals surface area contributed by atoms with E-state index in [2.05, 4.69) is 20.6 Å². The predicted molar refractivity (Wildman–Crippen MR) is 124 cm³/mol. The molecule has 11 heteroatoms. The van der Waals surface area contributed by atoms with Crippen molar-refractivity contribution in [3.8, 4) is 11.4 Å². The molecule has 0 bridgehead atoms. The van der Waals surface area contributed by atoms with Crippen LogP contribution in [0.4, 0.5) is 9.52 Å². The molecule has 0 unspecified atom stereocenters. The van der Waals surface area contributed by atoms with E-state index in [0.29, 0.717) is 34.0 Å². The fraction of sp³-hybridized carbons (Fsp3) is 0.143. The zero-order valence-electron chi connectivity index (χ0n) is 16.8. The second-order valence-corrected chi connectivity index (χ2v) is 9.07. The molecule has 4 rings (SSSR count). The summed E-state index contributed by atoms with van der Waals surface area (Å²) in [6, 6.07) is 13.3. The van der Waals surface area contributed by atoms with Gasteiger partial charge in [-0.25, -0.2) is 9.07 Å². The molecular formula is C21H17ClFN5O2S2. The highest BCUT2D eigenvalue weighted by Gasteiger charge is 2.20. The van der Waals surface area contributed by atoms with E-state index in [0.717, 1.165) is 9.90 Å². The smallest absolute Gasteiger partial charge is 0.281 e. The number of carbonyl (C=O) groups excluding carboxylic acids is 1. The molecule has 0 aliphatic carbocycles. The molecule has 0 aliphatic rings. The lowest BCUT2D eigenvalue weighted by Crippen LogP contribution is -2.14. The van der Waals surface area contributed by atoms with Crippen LogP contribution in [0.1, 0.15) is 23.0 Å². The van der Waals surface area contributed by atoms with Gasteiger partial charge in [0.1, 0.15) is 5.82 Å². The standard InChI is InChI=1S/C21H17ClFN5O2S2/c1-2-30-17-11-28(16-9-7-15(23)8-10-16)27-18(17)19(29)24-20-25-26-21(32-20)31-12-13-3-5-14(22)6-4-13/h3-11H,2,12H2,1H3,(H,24,25,29). The molecule has 0 atom stereocenters. The fourth-order valence-corrected chi connectivity index (χ4v) is 4.53. The number of aromatic nitrogens is 4. The van der Waals surface area contributed by atoms with Crippen LogP contribution in [0, 0.1) is 5.82 Å². The van der Waals surface area contributed by atoms with Crippen LogP contribution in [0.25, 0.3) is 5.69 Å². The molecule has 2 heterocycles. The summed E-state index contributed by atoms with van der Waals surface area (Å²) in [7, 11) is 0. The Hall–Kier alpha value is -2.95. The van der Waals surface area contributed by atoms with Crippen LogP contribution >= 0.6 is 34.7 Å². The zero-order valence-corrected chi connectivity index (χ0v) is 19.2. The zero-order chi connectivity index (χ0) is 22.5. The normalized spacial score (nSPS) is 10.8. The second-order valence-electron chi connectivity index (χ2n) is 6.44. The summed E-state index contributed by atoms with van der Waals surface area (Å²) in [6.07, 6.45) is 1.58. The number of thioether (sulfide) groups is 1. The molecule has 1 N–H and O–H groups in total. The Balaban J connectivity index is 1.45. The van der Waals surface area contributed by atoms with Gasteiger partial charge in [0.2, 0.25) is 5.13 Å². The van der Waals surface area contributed by atoms with Crippen molar-refractivity contribution in [3.63, 3.8) is 0 Å². The first-order valence-electron chi connectivity index (χ1n) is 9.52. The first-order valence-corrected chi connectivity index (χ1v) is 11.7. The Morgan fingerprint density at radius 1 is 1.19 bits per heavy atom. The number of benzene rings is 2. The lowest BCUT2D eigenvalue weighted by Gasteiger charge is -2.02. The maximum Gasteiger partial charge on any atom is 0.281 e. The van der Waals surface area contributed by atoms with Crippen molar-refractivity contribution in [3.05, 3.63) is 76.8 Å². The van der Waals surface area contributed by atoms with Crippen LogP contribution in [0.5, 0.6) is 5.75 Å². The third kappa shape index (κ3) is 5.45. The molecule has 1 amide bonds. The maximum absolute atomic E-state index is 13.2. The molecule has 2 aromatic carbocycles. The summed E-state index contributed by atoms with van der Waals surface area (Å²) in [5.74, 6) is 0.192. The molecule has 4 aromatic rings. The third-order valence-corrected chi connectivity index (χ3v) is 6.48. The van der Waals surface area contributed by atoms with Crippen molar-refractivity contribution in [2.45, 2.75) is 17.0 Å². The van der Waals surface area contributed by atoms with E-state index in [1.165, 1.54) is 39.9 Å². The van der Waals surface area contributed by atoms with Crippen LogP contribution < -0.4 is 10.1 Å². The Bertz CT molecular complexity index is 1210. The SMILES string of the molecule is CCOc1cn(-c2ccc(F)cc2)nc1C(=O)Nc1nnc(SCc2ccc(Cl)cc2)s1. The molecule has 7 nitrogen and oxygen atoms in total. The van der Waals surface area contributed by atoms with Gasteiger partial charge >= 0.3 is 0 Å². The van der Waals surface area contributed by atoms with Crippen LogP contribution in [0.15, 0.2) is 59.1 Å². The van der Waals surface area contributed by atoms with Crippen molar-refractivity contribution >= 4 is 45.7 Å². The van der Waals surface area contributed by atoms with Crippen LogP contribution in [-0.4, -0.2) is 32.5 Å². The average Bonchev–Trinajstić information content (AvgIpc) is 3.41. The quantitative estimate of drug-likeness (QED) is 0.261. The number of carbonyl (C=O) groups is 1. The monoisotopic (exact) mass is 489 g/mol. The van der Waals surface area contributed by atoms with E-state index in [4.69, 9.17) is 16.3 Å². The molecule has 0 saturated carbocycles. The van der Waals surface area contributed by atoms with Gasteiger partial charge in [-0.2, -0.15) is 5.10 Å². The van der Waals surface area contributed by atoms with Crippen molar-refractivity contribution in [2.75, 3.05) is 11.9 Å². The van der Waals surface area contributed by atoms with Crippen molar-refractivity contribution in [1.29, 1.82) is 0 Å². The number of halogens is 2. The molecule has 2 aromatic heterocycles. The van der Waals surface area contributed by atoms with E-state index in [9.17, 15) is 9.18 Å². The van der Waals surface area contributed by atoms with E-state index < -0.39 is 5.91 Å². The van der Waals surface area contributed by atoms with Crippen LogP contribution in [-0.2, 0) is 5.75 Å². The number of hydrogen-bond donors (Lipinski definition) is 1. The highest BCUT2D eigenvalue weighted by molar-refractivity contribution is 8.00. The van der Waals surface area contributed by atoms with E-state index in [1.807, 2.05) is 31.2 Å². The lowest BCUT2D eigenvalue weighted by molar-refractivity contribution is 0.101. The maximum atomic E-state index is 13.2. The number of ether oxygens (including phenoxy) is 1. The molecule has 0 aliphatic heterocycles. The van der Waals surface area contributed by atoms with Crippen molar-refractivity contribution in [2.24, 2.45) is 0 Å². The highest BCUT2D eigenvalue weighted by Crippen LogP contribution is 2.29. The Morgan fingerprint density at radius 2 is 1.94 bits per heavy atom. The summed E-state index contributed by atoms with van der Waals surface area (Å²) < 4.78 is 21.0. The summed E-state index contributed by atoms with van der Waals surface area (Å²) >= 11 is 8.69. The minimum atomic E-state index is -0.472. The minimum Gasteiger partial charge on any atom is -0.490 e. The molecule has 0 fully saturated rings. The van der Waals surface area contributed by atoms with Gasteiger partial charge in [0.15, 0.2) is 15.8 Å². The molecule has 32 heavy (non-hydrogen) atoms. The van der Waals surface area contributed by atoms with Gasteiger partial charge in [0, 0.05) is 10.8 Å². The minimum absolute atomic E-state index is 0.0988. The largest absolute Gasteiger partial charge is 0.490 e. The van der Waals surface area contributed by atoms with Crippen LogP contribution in [0.2, 0.25) is 5.02 Å². The highest BCUT2D eigenvalue weighted by atomic mass is 35.5. The van der Waals surface area contributed by atoms with E-state index >= 15 is 0 Å². The van der Waals surface area contributed by atoms with E-state index in [-0.39, 0.29) is 11.5 Å². The first-order chi connectivity index (χ1) is 15.5. The number of nitrogens with one attached hydrogen (secondary N) is 1. The predicted octanol–water partition coefficient (Wildman–Crippen LogP) is 5.46. The second kappa shape index (κ2) is 10.1. The summed E-state index contributed by atoms with van der Waals surface area (Å²) in [4.78, 5) is 12.8. The topological polar surface area (TPSA) is 81.9 Å². The first kappa shape index (κ1) is 22.3. The molecule has 0 radical (unpaired) electrons. The van der Waals surface area contributed by atoms with Gasteiger partial charge in [0.05, 0.1) is 18.5 Å². The average molecular weight is 490 g/mol. The number of amides is 1. The molecule has 0 saturated heterocycles. The number of hydrogen-bond acceptors (Lipinski definition) is 7. The Morgan fingerprint density at radius 3 is 2.66 bits per heavy atom. The fourth-order valence-electron chi connectivity index (χ4n) is 2.70. The van der Waals surface area contributed by atoms with E-state index in [1.54, 1.807) is 18.3 Å². The molecule has 164 valence electrons. The Kier molecular flexibility index (Phi) is 7.03. The molecule has 0 spiro atoms.